The molecule has 2 heterocycles. The van der Waals surface area contributed by atoms with Gasteiger partial charge in [-0.2, -0.15) is 0 Å². The third kappa shape index (κ3) is 2.73. The normalized spacial score (nSPS) is 20.4. The molecule has 0 atom stereocenters. The number of piperidine rings is 1. The van der Waals surface area contributed by atoms with E-state index in [4.69, 9.17) is 4.74 Å². The Hall–Kier alpha value is -1.92. The Morgan fingerprint density at radius 2 is 1.84 bits per heavy atom. The number of hydrogen-bond acceptors (Lipinski definition) is 4. The Bertz CT molecular complexity index is 943. The van der Waals surface area contributed by atoms with Crippen molar-refractivity contribution in [3.8, 4) is 5.75 Å². The number of benzene rings is 2. The first-order chi connectivity index (χ1) is 11.9. The molecule has 25 heavy (non-hydrogen) atoms. The van der Waals surface area contributed by atoms with Gasteiger partial charge < -0.3 is 4.74 Å². The highest BCUT2D eigenvalue weighted by Crippen LogP contribution is 2.43. The molecule has 132 valence electrons. The topological polar surface area (TPSA) is 63.7 Å². The molecule has 0 radical (unpaired) electrons. The van der Waals surface area contributed by atoms with Crippen LogP contribution in [-0.4, -0.2) is 42.9 Å². The summed E-state index contributed by atoms with van der Waals surface area (Å²) in [5.74, 6) is 0.840. The number of fused-ring (bicyclic) bond motifs is 3. The van der Waals surface area contributed by atoms with Crippen LogP contribution in [0.1, 0.15) is 36.5 Å². The molecule has 2 aliphatic heterocycles. The Morgan fingerprint density at radius 3 is 2.56 bits per heavy atom. The van der Waals surface area contributed by atoms with Gasteiger partial charge >= 0.3 is 0 Å². The fourth-order valence-electron chi connectivity index (χ4n) is 3.85. The van der Waals surface area contributed by atoms with Crippen molar-refractivity contribution in [2.75, 3.05) is 18.8 Å². The number of ether oxygens (including phenoxy) is 1. The van der Waals surface area contributed by atoms with Crippen LogP contribution in [0, 0.1) is 0 Å². The molecule has 2 aromatic carbocycles. The molecule has 2 aliphatic rings. The molecule has 0 aromatic heterocycles. The second-order valence-electron chi connectivity index (χ2n) is 6.85. The number of Topliss-reactive ketones (excluding diaryl/α,β-unsaturated/α-hetero) is 1. The standard InChI is InChI=1S/C19H21NO4S/c1-2-25(22,23)20-11-9-19(10-12-20)13-17(21)16-8-7-14-5-3-4-6-15(14)18(16)24-19/h3-8H,2,9-13H2,1H3. The van der Waals surface area contributed by atoms with Gasteiger partial charge in [0, 0.05) is 31.3 Å². The highest BCUT2D eigenvalue weighted by Gasteiger charge is 2.44. The van der Waals surface area contributed by atoms with Gasteiger partial charge in [-0.3, -0.25) is 4.79 Å². The molecule has 1 fully saturated rings. The summed E-state index contributed by atoms with van der Waals surface area (Å²) in [7, 11) is -3.19. The number of carbonyl (C=O) groups excluding carboxylic acids is 1. The molecule has 1 spiro atoms. The van der Waals surface area contributed by atoms with Crippen molar-refractivity contribution in [2.24, 2.45) is 0 Å². The van der Waals surface area contributed by atoms with E-state index < -0.39 is 15.6 Å². The van der Waals surface area contributed by atoms with Crippen LogP contribution < -0.4 is 4.74 Å². The van der Waals surface area contributed by atoms with Gasteiger partial charge in [0.05, 0.1) is 17.7 Å². The van der Waals surface area contributed by atoms with Gasteiger partial charge in [-0.15, -0.1) is 0 Å². The Balaban J connectivity index is 1.68. The van der Waals surface area contributed by atoms with E-state index in [1.165, 1.54) is 4.31 Å². The van der Waals surface area contributed by atoms with Crippen molar-refractivity contribution in [3.05, 3.63) is 42.0 Å². The van der Waals surface area contributed by atoms with Gasteiger partial charge in [0.2, 0.25) is 10.0 Å². The molecule has 2 aromatic rings. The lowest BCUT2D eigenvalue weighted by Crippen LogP contribution is -2.52. The first-order valence-corrected chi connectivity index (χ1v) is 10.3. The number of hydrogen-bond donors (Lipinski definition) is 0. The van der Waals surface area contributed by atoms with E-state index in [0.717, 1.165) is 10.8 Å². The van der Waals surface area contributed by atoms with Gasteiger partial charge in [0.15, 0.2) is 5.78 Å². The largest absolute Gasteiger partial charge is 0.485 e. The fraction of sp³-hybridized carbons (Fsp3) is 0.421. The summed E-state index contributed by atoms with van der Waals surface area (Å²) in [6.07, 6.45) is 1.40. The highest BCUT2D eigenvalue weighted by molar-refractivity contribution is 7.89. The van der Waals surface area contributed by atoms with Crippen molar-refractivity contribution < 1.29 is 17.9 Å². The fourth-order valence-corrected chi connectivity index (χ4v) is 4.95. The average Bonchev–Trinajstić information content (AvgIpc) is 2.62. The van der Waals surface area contributed by atoms with E-state index in [-0.39, 0.29) is 11.5 Å². The van der Waals surface area contributed by atoms with Crippen LogP contribution >= 0.6 is 0 Å². The first-order valence-electron chi connectivity index (χ1n) is 8.66. The number of ketones is 1. The van der Waals surface area contributed by atoms with Gasteiger partial charge in [0.1, 0.15) is 11.4 Å². The van der Waals surface area contributed by atoms with Crippen LogP contribution in [-0.2, 0) is 10.0 Å². The first kappa shape index (κ1) is 16.5. The molecule has 0 saturated carbocycles. The van der Waals surface area contributed by atoms with Crippen LogP contribution in [0.3, 0.4) is 0 Å². The maximum Gasteiger partial charge on any atom is 0.213 e. The molecule has 5 nitrogen and oxygen atoms in total. The number of rotatable bonds is 2. The summed E-state index contributed by atoms with van der Waals surface area (Å²) in [6, 6.07) is 11.7. The van der Waals surface area contributed by atoms with Crippen molar-refractivity contribution in [1.29, 1.82) is 0 Å². The lowest BCUT2D eigenvalue weighted by atomic mass is 9.82. The predicted octanol–water partition coefficient (Wildman–Crippen LogP) is 2.99. The second-order valence-corrected chi connectivity index (χ2v) is 9.11. The van der Waals surface area contributed by atoms with Crippen molar-refractivity contribution in [1.82, 2.24) is 4.31 Å². The number of sulfonamides is 1. The summed E-state index contributed by atoms with van der Waals surface area (Å²) < 4.78 is 32.1. The lowest BCUT2D eigenvalue weighted by molar-refractivity contribution is 0.00717. The minimum atomic E-state index is -3.19. The van der Waals surface area contributed by atoms with E-state index >= 15 is 0 Å². The van der Waals surface area contributed by atoms with E-state index in [9.17, 15) is 13.2 Å². The van der Waals surface area contributed by atoms with Crippen molar-refractivity contribution in [3.63, 3.8) is 0 Å². The maximum atomic E-state index is 12.7. The van der Waals surface area contributed by atoms with Crippen LogP contribution in [0.4, 0.5) is 0 Å². The highest BCUT2D eigenvalue weighted by atomic mass is 32.2. The van der Waals surface area contributed by atoms with Crippen molar-refractivity contribution in [2.45, 2.75) is 31.8 Å². The summed E-state index contributed by atoms with van der Waals surface area (Å²) in [5.41, 5.74) is 0.0430. The van der Waals surface area contributed by atoms with E-state index in [2.05, 4.69) is 0 Å². The SMILES string of the molecule is CCS(=O)(=O)N1CCC2(CC1)CC(=O)c1ccc3ccccc3c1O2. The molecule has 6 heteroatoms. The second kappa shape index (κ2) is 5.81. The molecule has 1 saturated heterocycles. The number of nitrogens with zero attached hydrogens (tertiary/aromatic N) is 1. The molecule has 0 bridgehead atoms. The van der Waals surface area contributed by atoms with Gasteiger partial charge in [-0.05, 0) is 18.4 Å². The van der Waals surface area contributed by atoms with E-state index in [0.29, 0.717) is 43.7 Å². The third-order valence-electron chi connectivity index (χ3n) is 5.37. The average molecular weight is 359 g/mol. The molecule has 0 amide bonds. The zero-order valence-electron chi connectivity index (χ0n) is 14.2. The maximum absolute atomic E-state index is 12.7. The van der Waals surface area contributed by atoms with Crippen LogP contribution in [0.2, 0.25) is 0 Å². The number of carbonyl (C=O) groups is 1. The quantitative estimate of drug-likeness (QED) is 0.827. The summed E-state index contributed by atoms with van der Waals surface area (Å²) in [6.45, 7) is 2.47. The Labute approximate surface area is 147 Å². The van der Waals surface area contributed by atoms with E-state index in [1.54, 1.807) is 6.92 Å². The summed E-state index contributed by atoms with van der Waals surface area (Å²) >= 11 is 0. The van der Waals surface area contributed by atoms with Crippen LogP contribution in [0.15, 0.2) is 36.4 Å². The smallest absolute Gasteiger partial charge is 0.213 e. The van der Waals surface area contributed by atoms with Crippen LogP contribution in [0.25, 0.3) is 10.8 Å². The molecule has 4 rings (SSSR count). The van der Waals surface area contributed by atoms with Gasteiger partial charge in [0.25, 0.3) is 0 Å². The minimum absolute atomic E-state index is 0.0822. The van der Waals surface area contributed by atoms with Crippen molar-refractivity contribution >= 4 is 26.6 Å². The molecular weight excluding hydrogens is 338 g/mol. The van der Waals surface area contributed by atoms with Gasteiger partial charge in [-0.25, -0.2) is 12.7 Å². The molecular formula is C19H21NO4S. The van der Waals surface area contributed by atoms with Gasteiger partial charge in [-0.1, -0.05) is 30.3 Å². The zero-order chi connectivity index (χ0) is 17.7. The lowest BCUT2D eigenvalue weighted by Gasteiger charge is -2.43. The van der Waals surface area contributed by atoms with E-state index in [1.807, 2.05) is 36.4 Å². The Kier molecular flexibility index (Phi) is 3.85. The Morgan fingerprint density at radius 1 is 1.12 bits per heavy atom. The molecule has 0 unspecified atom stereocenters. The molecule has 0 N–H and O–H groups in total. The van der Waals surface area contributed by atoms with Crippen LogP contribution in [0.5, 0.6) is 5.75 Å². The summed E-state index contributed by atoms with van der Waals surface area (Å²) in [5, 5.41) is 1.98. The molecule has 0 aliphatic carbocycles. The monoisotopic (exact) mass is 359 g/mol. The predicted molar refractivity (Wildman–Crippen MR) is 96.5 cm³/mol. The summed E-state index contributed by atoms with van der Waals surface area (Å²) in [4.78, 5) is 12.7. The zero-order valence-corrected chi connectivity index (χ0v) is 15.0. The third-order valence-corrected chi connectivity index (χ3v) is 7.25. The minimum Gasteiger partial charge on any atom is -0.485 e.